The van der Waals surface area contributed by atoms with Gasteiger partial charge in [-0.25, -0.2) is 0 Å². The van der Waals surface area contributed by atoms with Crippen LogP contribution in [0, 0.1) is 5.92 Å². The normalized spacial score (nSPS) is 19.8. The first kappa shape index (κ1) is 13.8. The van der Waals surface area contributed by atoms with Crippen LogP contribution in [0.1, 0.15) is 20.3 Å². The standard InChI is InChI=1S/C14H20N2S2/c1-10(2)11-8-9-18-14(15-11)16-12-6-4-5-7-13(12)17-3/h4-7,10-11H,8-9H2,1-3H3,(H,15,16). The van der Waals surface area contributed by atoms with Gasteiger partial charge in [0.05, 0.1) is 11.7 Å². The average Bonchev–Trinajstić information content (AvgIpc) is 2.39. The van der Waals surface area contributed by atoms with Gasteiger partial charge in [-0.05, 0) is 30.7 Å². The van der Waals surface area contributed by atoms with Gasteiger partial charge in [-0.2, -0.15) is 0 Å². The molecular formula is C14H20N2S2. The molecule has 1 heterocycles. The monoisotopic (exact) mass is 280 g/mol. The molecule has 2 rings (SSSR count). The van der Waals surface area contributed by atoms with Gasteiger partial charge in [0.15, 0.2) is 5.17 Å². The van der Waals surface area contributed by atoms with Gasteiger partial charge in [-0.15, -0.1) is 11.8 Å². The van der Waals surface area contributed by atoms with E-state index in [0.717, 1.165) is 10.9 Å². The number of benzene rings is 1. The quantitative estimate of drug-likeness (QED) is 0.834. The average molecular weight is 280 g/mol. The Bertz CT molecular complexity index is 430. The molecule has 1 aliphatic heterocycles. The summed E-state index contributed by atoms with van der Waals surface area (Å²) in [6.07, 6.45) is 3.30. The molecule has 1 aromatic carbocycles. The van der Waals surface area contributed by atoms with E-state index in [0.29, 0.717) is 12.0 Å². The van der Waals surface area contributed by atoms with Crippen molar-refractivity contribution in [1.29, 1.82) is 0 Å². The van der Waals surface area contributed by atoms with Crippen LogP contribution in [0.2, 0.25) is 0 Å². The summed E-state index contributed by atoms with van der Waals surface area (Å²) in [6.45, 7) is 4.50. The lowest BCUT2D eigenvalue weighted by molar-refractivity contribution is 0.485. The predicted octanol–water partition coefficient (Wildman–Crippen LogP) is 4.34. The molecular weight excluding hydrogens is 260 g/mol. The first-order valence-corrected chi connectivity index (χ1v) is 8.52. The van der Waals surface area contributed by atoms with Gasteiger partial charge < -0.3 is 5.32 Å². The highest BCUT2D eigenvalue weighted by Crippen LogP contribution is 2.28. The minimum atomic E-state index is 0.468. The molecule has 0 saturated heterocycles. The fourth-order valence-corrected chi connectivity index (χ4v) is 3.44. The molecule has 0 bridgehead atoms. The maximum Gasteiger partial charge on any atom is 0.161 e. The highest BCUT2D eigenvalue weighted by atomic mass is 32.2. The molecule has 0 fully saturated rings. The summed E-state index contributed by atoms with van der Waals surface area (Å²) in [5, 5.41) is 4.55. The number of amidine groups is 1. The molecule has 1 aliphatic rings. The van der Waals surface area contributed by atoms with E-state index in [4.69, 9.17) is 4.99 Å². The summed E-state index contributed by atoms with van der Waals surface area (Å²) in [5.74, 6) is 1.79. The number of aliphatic imine (C=N–C) groups is 1. The smallest absolute Gasteiger partial charge is 0.161 e. The first-order valence-electron chi connectivity index (χ1n) is 6.31. The second-order valence-corrected chi connectivity index (χ2v) is 6.64. The Labute approximate surface area is 118 Å². The molecule has 0 aromatic heterocycles. The van der Waals surface area contributed by atoms with Crippen molar-refractivity contribution in [3.63, 3.8) is 0 Å². The van der Waals surface area contributed by atoms with Gasteiger partial charge in [-0.3, -0.25) is 4.99 Å². The Balaban J connectivity index is 2.13. The van der Waals surface area contributed by atoms with E-state index in [2.05, 4.69) is 49.7 Å². The van der Waals surface area contributed by atoms with Crippen LogP contribution in [0.25, 0.3) is 0 Å². The van der Waals surface area contributed by atoms with Crippen LogP contribution >= 0.6 is 23.5 Å². The highest BCUT2D eigenvalue weighted by Gasteiger charge is 2.18. The summed E-state index contributed by atoms with van der Waals surface area (Å²) in [4.78, 5) is 6.08. The maximum atomic E-state index is 4.81. The van der Waals surface area contributed by atoms with Gasteiger partial charge in [0.1, 0.15) is 0 Å². The molecule has 1 unspecified atom stereocenters. The molecule has 0 amide bonds. The number of rotatable bonds is 3. The van der Waals surface area contributed by atoms with Gasteiger partial charge in [-0.1, -0.05) is 37.7 Å². The lowest BCUT2D eigenvalue weighted by Gasteiger charge is -2.23. The zero-order valence-corrected chi connectivity index (χ0v) is 12.8. The van der Waals surface area contributed by atoms with E-state index >= 15 is 0 Å². The Morgan fingerprint density at radius 1 is 1.39 bits per heavy atom. The van der Waals surface area contributed by atoms with Gasteiger partial charge in [0.2, 0.25) is 0 Å². The van der Waals surface area contributed by atoms with E-state index in [1.54, 1.807) is 11.8 Å². The summed E-state index contributed by atoms with van der Waals surface area (Å²) in [6, 6.07) is 8.87. The summed E-state index contributed by atoms with van der Waals surface area (Å²) < 4.78 is 0. The van der Waals surface area contributed by atoms with Crippen LogP contribution in [0.5, 0.6) is 0 Å². The van der Waals surface area contributed by atoms with Crippen molar-refractivity contribution in [1.82, 2.24) is 0 Å². The van der Waals surface area contributed by atoms with Gasteiger partial charge in [0, 0.05) is 10.6 Å². The largest absolute Gasteiger partial charge is 0.334 e. The van der Waals surface area contributed by atoms with Crippen molar-refractivity contribution in [3.8, 4) is 0 Å². The Morgan fingerprint density at radius 3 is 2.89 bits per heavy atom. The molecule has 98 valence electrons. The summed E-state index contributed by atoms with van der Waals surface area (Å²) in [5.41, 5.74) is 1.17. The van der Waals surface area contributed by atoms with E-state index in [-0.39, 0.29) is 0 Å². The third kappa shape index (κ3) is 3.45. The second kappa shape index (κ2) is 6.53. The molecule has 1 aromatic rings. The molecule has 0 spiro atoms. The van der Waals surface area contributed by atoms with E-state index in [1.165, 1.54) is 17.0 Å². The van der Waals surface area contributed by atoms with Crippen molar-refractivity contribution < 1.29 is 0 Å². The van der Waals surface area contributed by atoms with Gasteiger partial charge in [0.25, 0.3) is 0 Å². The van der Waals surface area contributed by atoms with Crippen molar-refractivity contribution in [2.24, 2.45) is 10.9 Å². The molecule has 0 aliphatic carbocycles. The topological polar surface area (TPSA) is 24.4 Å². The zero-order valence-electron chi connectivity index (χ0n) is 11.1. The lowest BCUT2D eigenvalue weighted by Crippen LogP contribution is -2.24. The molecule has 2 nitrogen and oxygen atoms in total. The molecule has 0 radical (unpaired) electrons. The number of nitrogens with one attached hydrogen (secondary N) is 1. The summed E-state index contributed by atoms with van der Waals surface area (Å²) >= 11 is 3.59. The Morgan fingerprint density at radius 2 is 2.17 bits per heavy atom. The fourth-order valence-electron chi connectivity index (χ4n) is 1.94. The van der Waals surface area contributed by atoms with Crippen molar-refractivity contribution in [2.75, 3.05) is 17.3 Å². The lowest BCUT2D eigenvalue weighted by atomic mass is 10.0. The van der Waals surface area contributed by atoms with E-state index in [1.807, 2.05) is 11.8 Å². The first-order chi connectivity index (χ1) is 8.70. The van der Waals surface area contributed by atoms with Crippen LogP contribution in [0.4, 0.5) is 5.69 Å². The number of para-hydroxylation sites is 1. The Kier molecular flexibility index (Phi) is 5.01. The van der Waals surface area contributed by atoms with Crippen LogP contribution in [-0.2, 0) is 0 Å². The predicted molar refractivity (Wildman–Crippen MR) is 85.0 cm³/mol. The third-order valence-electron chi connectivity index (χ3n) is 3.05. The second-order valence-electron chi connectivity index (χ2n) is 4.71. The molecule has 1 N–H and O–H groups in total. The maximum absolute atomic E-state index is 4.81. The van der Waals surface area contributed by atoms with Crippen LogP contribution in [0.3, 0.4) is 0 Å². The van der Waals surface area contributed by atoms with Crippen molar-refractivity contribution >= 4 is 34.4 Å². The Hall–Kier alpha value is -0.610. The highest BCUT2D eigenvalue weighted by molar-refractivity contribution is 8.14. The van der Waals surface area contributed by atoms with Crippen LogP contribution < -0.4 is 5.32 Å². The molecule has 0 saturated carbocycles. The number of hydrogen-bond donors (Lipinski definition) is 1. The number of hydrogen-bond acceptors (Lipinski definition) is 4. The SMILES string of the molecule is CSc1ccccc1NC1=NC(C(C)C)CCS1. The number of nitrogens with zero attached hydrogens (tertiary/aromatic N) is 1. The van der Waals surface area contributed by atoms with Crippen LogP contribution in [0.15, 0.2) is 34.2 Å². The fraction of sp³-hybridized carbons (Fsp3) is 0.500. The van der Waals surface area contributed by atoms with Crippen molar-refractivity contribution in [2.45, 2.75) is 31.2 Å². The minimum absolute atomic E-state index is 0.468. The number of thioether (sulfide) groups is 2. The zero-order chi connectivity index (χ0) is 13.0. The van der Waals surface area contributed by atoms with Crippen molar-refractivity contribution in [3.05, 3.63) is 24.3 Å². The van der Waals surface area contributed by atoms with Crippen LogP contribution in [-0.4, -0.2) is 23.2 Å². The minimum Gasteiger partial charge on any atom is -0.334 e. The molecule has 1 atom stereocenters. The molecule has 18 heavy (non-hydrogen) atoms. The van der Waals surface area contributed by atoms with Gasteiger partial charge >= 0.3 is 0 Å². The number of anilines is 1. The van der Waals surface area contributed by atoms with E-state index in [9.17, 15) is 0 Å². The van der Waals surface area contributed by atoms with E-state index < -0.39 is 0 Å². The summed E-state index contributed by atoms with van der Waals surface area (Å²) in [7, 11) is 0. The molecule has 4 heteroatoms. The third-order valence-corrected chi connectivity index (χ3v) is 4.77.